The Morgan fingerprint density at radius 2 is 1.96 bits per heavy atom. The van der Waals surface area contributed by atoms with Crippen LogP contribution in [0.15, 0.2) is 12.1 Å². The minimum atomic E-state index is -0.943. The summed E-state index contributed by atoms with van der Waals surface area (Å²) in [5, 5.41) is 24.9. The van der Waals surface area contributed by atoms with Gasteiger partial charge in [-0.05, 0) is 55.2 Å². The van der Waals surface area contributed by atoms with E-state index < -0.39 is 12.0 Å². The SMILES string of the molecule is CC(C(=O)O)N(C(=O)C1CCN(c2ccc3nnnn3n2)CC1)C1CC1. The van der Waals surface area contributed by atoms with E-state index in [1.165, 1.54) is 4.63 Å². The molecule has 10 nitrogen and oxygen atoms in total. The number of carbonyl (C=O) groups is 2. The molecule has 10 heteroatoms. The number of carbonyl (C=O) groups excluding carboxylic acids is 1. The van der Waals surface area contributed by atoms with E-state index in [9.17, 15) is 14.7 Å². The highest BCUT2D eigenvalue weighted by Gasteiger charge is 2.41. The van der Waals surface area contributed by atoms with Crippen molar-refractivity contribution in [2.24, 2.45) is 5.92 Å². The first-order valence-corrected chi connectivity index (χ1v) is 8.90. The van der Waals surface area contributed by atoms with Crippen molar-refractivity contribution in [3.8, 4) is 0 Å². The highest BCUT2D eigenvalue weighted by atomic mass is 16.4. The molecule has 1 N–H and O–H groups in total. The molecule has 138 valence electrons. The molecule has 1 amide bonds. The quantitative estimate of drug-likeness (QED) is 0.805. The highest BCUT2D eigenvalue weighted by molar-refractivity contribution is 5.85. The maximum absolute atomic E-state index is 12.9. The van der Waals surface area contributed by atoms with E-state index in [-0.39, 0.29) is 17.9 Å². The van der Waals surface area contributed by atoms with Crippen LogP contribution in [0.2, 0.25) is 0 Å². The molecule has 2 fully saturated rings. The van der Waals surface area contributed by atoms with Gasteiger partial charge >= 0.3 is 5.97 Å². The second-order valence-electron chi connectivity index (χ2n) is 6.97. The van der Waals surface area contributed by atoms with Gasteiger partial charge in [0.2, 0.25) is 5.91 Å². The van der Waals surface area contributed by atoms with E-state index in [1.54, 1.807) is 11.8 Å². The molecule has 1 saturated carbocycles. The topological polar surface area (TPSA) is 117 Å². The second kappa shape index (κ2) is 6.50. The summed E-state index contributed by atoms with van der Waals surface area (Å²) in [4.78, 5) is 28.0. The number of anilines is 1. The van der Waals surface area contributed by atoms with E-state index in [0.29, 0.717) is 31.6 Å². The Bertz CT molecular complexity index is 826. The average molecular weight is 359 g/mol. The fraction of sp³-hybridized carbons (Fsp3) is 0.625. The third-order valence-electron chi connectivity index (χ3n) is 5.19. The summed E-state index contributed by atoms with van der Waals surface area (Å²) >= 11 is 0. The fourth-order valence-corrected chi connectivity index (χ4v) is 3.53. The maximum Gasteiger partial charge on any atom is 0.326 e. The molecule has 1 unspecified atom stereocenters. The summed E-state index contributed by atoms with van der Waals surface area (Å²) in [5.74, 6) is -0.327. The Morgan fingerprint density at radius 3 is 2.62 bits per heavy atom. The summed E-state index contributed by atoms with van der Waals surface area (Å²) in [7, 11) is 0. The summed E-state index contributed by atoms with van der Waals surface area (Å²) in [6, 6.07) is 3.01. The number of hydrogen-bond acceptors (Lipinski definition) is 7. The first-order valence-electron chi connectivity index (χ1n) is 8.90. The van der Waals surface area contributed by atoms with Crippen molar-refractivity contribution in [3.63, 3.8) is 0 Å². The van der Waals surface area contributed by atoms with Crippen molar-refractivity contribution in [2.45, 2.75) is 44.7 Å². The number of hydrogen-bond donors (Lipinski definition) is 1. The van der Waals surface area contributed by atoms with Crippen LogP contribution in [0, 0.1) is 5.92 Å². The number of carboxylic acids is 1. The van der Waals surface area contributed by atoms with Crippen LogP contribution in [0.4, 0.5) is 5.82 Å². The number of fused-ring (bicyclic) bond motifs is 1. The molecule has 4 rings (SSSR count). The van der Waals surface area contributed by atoms with Crippen molar-refractivity contribution >= 4 is 23.3 Å². The molecular weight excluding hydrogens is 338 g/mol. The Labute approximate surface area is 149 Å². The summed E-state index contributed by atoms with van der Waals surface area (Å²) < 4.78 is 1.38. The normalized spacial score (nSPS) is 19.5. The number of tetrazole rings is 1. The Balaban J connectivity index is 1.42. The number of aliphatic carboxylic acids is 1. The van der Waals surface area contributed by atoms with Gasteiger partial charge in [0, 0.05) is 25.0 Å². The standard InChI is InChI=1S/C16H21N7O3/c1-10(16(25)26)22(12-2-3-12)15(24)11-6-8-21(9-7-11)14-5-4-13-17-19-20-23(13)18-14/h4-5,10-12H,2-3,6-9H2,1H3,(H,25,26). The Morgan fingerprint density at radius 1 is 1.23 bits per heavy atom. The van der Waals surface area contributed by atoms with Crippen molar-refractivity contribution in [2.75, 3.05) is 18.0 Å². The monoisotopic (exact) mass is 359 g/mol. The van der Waals surface area contributed by atoms with Crippen LogP contribution in [0.25, 0.3) is 5.65 Å². The molecule has 26 heavy (non-hydrogen) atoms. The minimum absolute atomic E-state index is 0.0223. The molecule has 0 radical (unpaired) electrons. The van der Waals surface area contributed by atoms with Crippen molar-refractivity contribution in [3.05, 3.63) is 12.1 Å². The van der Waals surface area contributed by atoms with Gasteiger partial charge in [-0.2, -0.15) is 0 Å². The zero-order chi connectivity index (χ0) is 18.3. The summed E-state index contributed by atoms with van der Waals surface area (Å²) in [6.07, 6.45) is 3.17. The lowest BCUT2D eigenvalue weighted by atomic mass is 9.94. The molecule has 0 bridgehead atoms. The van der Waals surface area contributed by atoms with Gasteiger partial charge in [-0.25, -0.2) is 4.79 Å². The molecule has 1 aliphatic heterocycles. The van der Waals surface area contributed by atoms with Crippen LogP contribution >= 0.6 is 0 Å². The van der Waals surface area contributed by atoms with Gasteiger partial charge in [0.25, 0.3) is 0 Å². The molecule has 0 aromatic carbocycles. The molecule has 2 aromatic heterocycles. The molecular formula is C16H21N7O3. The van der Waals surface area contributed by atoms with E-state index in [0.717, 1.165) is 18.7 Å². The predicted molar refractivity (Wildman–Crippen MR) is 90.5 cm³/mol. The Hall–Kier alpha value is -2.78. The smallest absolute Gasteiger partial charge is 0.326 e. The number of piperidine rings is 1. The van der Waals surface area contributed by atoms with Crippen LogP contribution in [-0.2, 0) is 9.59 Å². The zero-order valence-corrected chi connectivity index (χ0v) is 14.5. The first-order chi connectivity index (χ1) is 12.5. The van der Waals surface area contributed by atoms with Crippen molar-refractivity contribution in [1.29, 1.82) is 0 Å². The fourth-order valence-electron chi connectivity index (χ4n) is 3.53. The van der Waals surface area contributed by atoms with Gasteiger partial charge in [-0.3, -0.25) is 4.79 Å². The van der Waals surface area contributed by atoms with Crippen molar-refractivity contribution in [1.82, 2.24) is 30.2 Å². The number of nitrogens with zero attached hydrogens (tertiary/aromatic N) is 7. The van der Waals surface area contributed by atoms with E-state index >= 15 is 0 Å². The molecule has 1 saturated heterocycles. The van der Waals surface area contributed by atoms with Gasteiger partial charge in [0.05, 0.1) is 0 Å². The van der Waals surface area contributed by atoms with Gasteiger partial charge < -0.3 is 14.9 Å². The average Bonchev–Trinajstić information content (AvgIpc) is 3.37. The first kappa shape index (κ1) is 16.7. The van der Waals surface area contributed by atoms with Crippen molar-refractivity contribution < 1.29 is 14.7 Å². The minimum Gasteiger partial charge on any atom is -0.480 e. The summed E-state index contributed by atoms with van der Waals surface area (Å²) in [5.41, 5.74) is 0.585. The third-order valence-corrected chi connectivity index (χ3v) is 5.19. The lowest BCUT2D eigenvalue weighted by molar-refractivity contribution is -0.152. The van der Waals surface area contributed by atoms with Gasteiger partial charge in [-0.15, -0.1) is 14.8 Å². The van der Waals surface area contributed by atoms with E-state index in [1.807, 2.05) is 12.1 Å². The number of rotatable bonds is 5. The van der Waals surface area contributed by atoms with Crippen LogP contribution in [-0.4, -0.2) is 72.3 Å². The van der Waals surface area contributed by atoms with Crippen LogP contribution in [0.3, 0.4) is 0 Å². The van der Waals surface area contributed by atoms with E-state index in [2.05, 4.69) is 25.5 Å². The lowest BCUT2D eigenvalue weighted by Crippen LogP contribution is -2.49. The van der Waals surface area contributed by atoms with E-state index in [4.69, 9.17) is 0 Å². The van der Waals surface area contributed by atoms with Gasteiger partial charge in [-0.1, -0.05) is 0 Å². The molecule has 0 spiro atoms. The molecule has 1 atom stereocenters. The second-order valence-corrected chi connectivity index (χ2v) is 6.97. The van der Waals surface area contributed by atoms with Crippen LogP contribution in [0.1, 0.15) is 32.6 Å². The maximum atomic E-state index is 12.9. The largest absolute Gasteiger partial charge is 0.480 e. The van der Waals surface area contributed by atoms with Crippen LogP contribution < -0.4 is 4.90 Å². The summed E-state index contributed by atoms with van der Waals surface area (Å²) in [6.45, 7) is 2.98. The van der Waals surface area contributed by atoms with Crippen LogP contribution in [0.5, 0.6) is 0 Å². The zero-order valence-electron chi connectivity index (χ0n) is 14.5. The number of carboxylic acid groups (broad SMARTS) is 1. The van der Waals surface area contributed by atoms with Gasteiger partial charge in [0.15, 0.2) is 11.5 Å². The molecule has 1 aliphatic carbocycles. The molecule has 2 aromatic rings. The molecule has 2 aliphatic rings. The number of aromatic nitrogens is 5. The van der Waals surface area contributed by atoms with Gasteiger partial charge in [0.1, 0.15) is 6.04 Å². The Kier molecular flexibility index (Phi) is 4.17. The lowest BCUT2D eigenvalue weighted by Gasteiger charge is -2.36. The highest BCUT2D eigenvalue weighted by Crippen LogP contribution is 2.32. The molecule has 3 heterocycles. The predicted octanol–water partition coefficient (Wildman–Crippen LogP) is 0.200. The third kappa shape index (κ3) is 3.06. The number of amides is 1.